The number of carboxylic acid groups (broad SMARTS) is 1. The summed E-state index contributed by atoms with van der Waals surface area (Å²) >= 11 is 0. The number of nitrogens with zero attached hydrogens (tertiary/aromatic N) is 5. The van der Waals surface area contributed by atoms with Crippen LogP contribution in [-0.2, 0) is 9.59 Å². The lowest BCUT2D eigenvalue weighted by molar-refractivity contribution is -0.138. The second kappa shape index (κ2) is 15.3. The maximum atomic E-state index is 13.7. The molecular weight excluding hydrogens is 681 g/mol. The number of H-pyrrole nitrogens is 2. The number of hydrogen-bond acceptors (Lipinski definition) is 6. The predicted molar refractivity (Wildman–Crippen MR) is 205 cm³/mol. The van der Waals surface area contributed by atoms with Gasteiger partial charge in [0.25, 0.3) is 5.91 Å². The lowest BCUT2D eigenvalue weighted by atomic mass is 9.95. The van der Waals surface area contributed by atoms with Gasteiger partial charge in [0.2, 0.25) is 5.91 Å². The Morgan fingerprint density at radius 1 is 0.685 bits per heavy atom. The summed E-state index contributed by atoms with van der Waals surface area (Å²) in [5, 5.41) is 11.9. The first kappa shape index (κ1) is 35.3. The van der Waals surface area contributed by atoms with E-state index in [1.54, 1.807) is 35.4 Å². The lowest BCUT2D eigenvalue weighted by Gasteiger charge is -2.32. The molecule has 3 saturated heterocycles. The molecule has 5 heterocycles. The summed E-state index contributed by atoms with van der Waals surface area (Å²) in [6.45, 7) is 3.27. The minimum atomic E-state index is -1.25. The van der Waals surface area contributed by atoms with Crippen molar-refractivity contribution < 1.29 is 19.5 Å². The second-order valence-electron chi connectivity index (χ2n) is 14.8. The SMILES string of the molecule is CN1CCC(C(=O)N2CCC[C@H]2c2ncc(-c3ccc(-c4ccc(-c5cnc([C@@H]6CCCN6C(=O)[C@H](NC(=O)O)c6ccccc6)[nH]5)cc4)cc3)[nH]2)CC1. The van der Waals surface area contributed by atoms with Crippen molar-refractivity contribution in [3.05, 3.63) is 108 Å². The Bertz CT molecular complexity index is 2090. The van der Waals surface area contributed by atoms with E-state index in [1.165, 1.54) is 0 Å². The summed E-state index contributed by atoms with van der Waals surface area (Å²) in [7, 11) is 2.12. The molecule has 0 unspecified atom stereocenters. The summed E-state index contributed by atoms with van der Waals surface area (Å²) in [5.41, 5.74) is 6.57. The van der Waals surface area contributed by atoms with Crippen molar-refractivity contribution >= 4 is 17.9 Å². The number of benzene rings is 3. The van der Waals surface area contributed by atoms with Crippen LogP contribution in [0.1, 0.15) is 73.9 Å². The number of imidazole rings is 2. The van der Waals surface area contributed by atoms with Gasteiger partial charge in [-0.05, 0) is 86.5 Å². The van der Waals surface area contributed by atoms with Gasteiger partial charge in [0.05, 0.1) is 35.9 Å². The molecule has 0 spiro atoms. The Kier molecular flexibility index (Phi) is 10.0. The van der Waals surface area contributed by atoms with Crippen molar-refractivity contribution in [1.29, 1.82) is 0 Å². The third kappa shape index (κ3) is 7.25. The highest BCUT2D eigenvalue weighted by Gasteiger charge is 2.38. The van der Waals surface area contributed by atoms with Crippen molar-refractivity contribution in [1.82, 2.24) is 40.0 Å². The van der Waals surface area contributed by atoms with Gasteiger partial charge in [-0.3, -0.25) is 9.59 Å². The molecule has 0 radical (unpaired) electrons. The van der Waals surface area contributed by atoms with Crippen LogP contribution < -0.4 is 5.32 Å². The molecule has 54 heavy (non-hydrogen) atoms. The van der Waals surface area contributed by atoms with Gasteiger partial charge in [-0.15, -0.1) is 0 Å². The Hall–Kier alpha value is -5.75. The molecule has 3 aliphatic rings. The van der Waals surface area contributed by atoms with E-state index in [0.29, 0.717) is 17.9 Å². The zero-order valence-corrected chi connectivity index (χ0v) is 30.4. The number of hydrogen-bond donors (Lipinski definition) is 4. The van der Waals surface area contributed by atoms with Crippen molar-refractivity contribution in [2.45, 2.75) is 56.7 Å². The van der Waals surface area contributed by atoms with E-state index < -0.39 is 12.1 Å². The third-order valence-electron chi connectivity index (χ3n) is 11.3. The molecule has 2 aromatic heterocycles. The average Bonchev–Trinajstić information content (AvgIpc) is 4.04. The van der Waals surface area contributed by atoms with E-state index in [4.69, 9.17) is 4.98 Å². The summed E-state index contributed by atoms with van der Waals surface area (Å²) < 4.78 is 0. The number of piperidine rings is 1. The molecule has 8 rings (SSSR count). The maximum absolute atomic E-state index is 13.7. The first-order valence-corrected chi connectivity index (χ1v) is 19.0. The molecule has 4 N–H and O–H groups in total. The van der Waals surface area contributed by atoms with Crippen molar-refractivity contribution in [2.24, 2.45) is 5.92 Å². The molecular formula is C42H46N8O4. The Balaban J connectivity index is 0.919. The fraction of sp³-hybridized carbons (Fsp3) is 0.357. The molecule has 3 aromatic carbocycles. The summed E-state index contributed by atoms with van der Waals surface area (Å²) in [6.07, 6.45) is 7.74. The van der Waals surface area contributed by atoms with E-state index in [9.17, 15) is 19.5 Å². The fourth-order valence-electron chi connectivity index (χ4n) is 8.33. The molecule has 12 nitrogen and oxygen atoms in total. The van der Waals surface area contributed by atoms with Crippen molar-refractivity contribution in [2.75, 3.05) is 33.2 Å². The van der Waals surface area contributed by atoms with Gasteiger partial charge in [0.15, 0.2) is 0 Å². The topological polar surface area (TPSA) is 151 Å². The molecule has 278 valence electrons. The molecule has 0 aliphatic carbocycles. The van der Waals surface area contributed by atoms with E-state index in [-0.39, 0.29) is 29.8 Å². The van der Waals surface area contributed by atoms with Gasteiger partial charge >= 0.3 is 6.09 Å². The summed E-state index contributed by atoms with van der Waals surface area (Å²) in [5.74, 6) is 1.65. The van der Waals surface area contributed by atoms with Gasteiger partial charge in [-0.25, -0.2) is 14.8 Å². The zero-order chi connectivity index (χ0) is 37.2. The van der Waals surface area contributed by atoms with Crippen LogP contribution >= 0.6 is 0 Å². The van der Waals surface area contributed by atoms with Crippen LogP contribution in [0.25, 0.3) is 33.6 Å². The van der Waals surface area contributed by atoms with Crippen LogP contribution in [0.4, 0.5) is 4.79 Å². The highest BCUT2D eigenvalue weighted by molar-refractivity contribution is 5.87. The zero-order valence-electron chi connectivity index (χ0n) is 30.4. The summed E-state index contributed by atoms with van der Waals surface area (Å²) in [6, 6.07) is 24.4. The van der Waals surface area contributed by atoms with E-state index in [1.807, 2.05) is 12.3 Å². The van der Waals surface area contributed by atoms with Gasteiger partial charge in [-0.2, -0.15) is 0 Å². The van der Waals surface area contributed by atoms with E-state index >= 15 is 0 Å². The van der Waals surface area contributed by atoms with Gasteiger partial charge in [0, 0.05) is 19.0 Å². The molecule has 3 amide bonds. The maximum Gasteiger partial charge on any atom is 0.405 e. The van der Waals surface area contributed by atoms with Crippen LogP contribution in [0.3, 0.4) is 0 Å². The molecule has 12 heteroatoms. The number of carbonyl (C=O) groups is 3. The van der Waals surface area contributed by atoms with Crippen LogP contribution in [-0.4, -0.2) is 90.9 Å². The normalized spacial score (nSPS) is 19.9. The first-order valence-electron chi connectivity index (χ1n) is 19.0. The standard InChI is InChI=1S/C42H46N8O4/c1-48-23-19-32(20-24-48)40(51)49-21-5-9-35(49)38-43-25-33(45-38)29-15-11-27(12-16-29)28-13-17-30(18-14-28)34-26-44-39(46-34)36-10-6-22-50(36)41(52)37(47-42(53)54)31-7-3-2-4-8-31/h2-4,7-8,11-18,25-26,32,35-37,47H,5-6,9-10,19-24H2,1H3,(H,43,45)(H,44,46)(H,53,54)/t35-,36-,37+/m0/s1. The number of rotatable bonds is 9. The minimum absolute atomic E-state index is 0.00218. The second-order valence-corrected chi connectivity index (χ2v) is 14.8. The highest BCUT2D eigenvalue weighted by atomic mass is 16.4. The van der Waals surface area contributed by atoms with Gasteiger partial charge < -0.3 is 35.1 Å². The monoisotopic (exact) mass is 726 g/mol. The largest absolute Gasteiger partial charge is 0.465 e. The summed E-state index contributed by atoms with van der Waals surface area (Å²) in [4.78, 5) is 61.2. The van der Waals surface area contributed by atoms with Gasteiger partial charge in [0.1, 0.15) is 17.7 Å². The predicted octanol–water partition coefficient (Wildman–Crippen LogP) is 6.81. The number of likely N-dealkylation sites (tertiary alicyclic amines) is 3. The Morgan fingerprint density at radius 3 is 1.72 bits per heavy atom. The quantitative estimate of drug-likeness (QED) is 0.130. The van der Waals surface area contributed by atoms with Crippen molar-refractivity contribution in [3.63, 3.8) is 0 Å². The van der Waals surface area contributed by atoms with Crippen molar-refractivity contribution in [3.8, 4) is 33.6 Å². The van der Waals surface area contributed by atoms with Gasteiger partial charge in [-0.1, -0.05) is 78.9 Å². The number of aromatic nitrogens is 4. The Labute approximate surface area is 314 Å². The molecule has 0 saturated carbocycles. The highest BCUT2D eigenvalue weighted by Crippen LogP contribution is 2.36. The third-order valence-corrected chi connectivity index (χ3v) is 11.3. The van der Waals surface area contributed by atoms with Crippen LogP contribution in [0.2, 0.25) is 0 Å². The number of aromatic amines is 2. The van der Waals surface area contributed by atoms with Crippen LogP contribution in [0.5, 0.6) is 0 Å². The Morgan fingerprint density at radius 2 is 1.19 bits per heavy atom. The lowest BCUT2D eigenvalue weighted by Crippen LogP contribution is -2.42. The molecule has 3 aliphatic heterocycles. The minimum Gasteiger partial charge on any atom is -0.465 e. The number of carbonyl (C=O) groups excluding carboxylic acids is 2. The molecule has 5 aromatic rings. The molecule has 0 bridgehead atoms. The van der Waals surface area contributed by atoms with Crippen LogP contribution in [0.15, 0.2) is 91.3 Å². The number of amides is 3. The van der Waals surface area contributed by atoms with E-state index in [2.05, 4.69) is 85.6 Å². The fourth-order valence-corrected chi connectivity index (χ4v) is 8.33. The average molecular weight is 727 g/mol. The number of nitrogens with one attached hydrogen (secondary N) is 3. The van der Waals surface area contributed by atoms with E-state index in [0.717, 1.165) is 97.6 Å². The smallest absolute Gasteiger partial charge is 0.405 e. The molecule has 3 fully saturated rings. The molecule has 3 atom stereocenters. The van der Waals surface area contributed by atoms with Crippen LogP contribution in [0, 0.1) is 5.92 Å². The first-order chi connectivity index (χ1) is 26.3.